The van der Waals surface area contributed by atoms with Crippen LogP contribution in [0.5, 0.6) is 5.75 Å². The van der Waals surface area contributed by atoms with Crippen molar-refractivity contribution in [2.75, 3.05) is 69.7 Å². The second-order valence-electron chi connectivity index (χ2n) is 10.3. The minimum atomic E-state index is -0.715. The Labute approximate surface area is 238 Å². The first-order valence-corrected chi connectivity index (χ1v) is 13.9. The Hall–Kier alpha value is -4.34. The van der Waals surface area contributed by atoms with E-state index in [0.717, 1.165) is 18.0 Å². The summed E-state index contributed by atoms with van der Waals surface area (Å²) in [5, 5.41) is 13.0. The Morgan fingerprint density at radius 2 is 1.95 bits per heavy atom. The molecule has 3 N–H and O–H groups in total. The van der Waals surface area contributed by atoms with Crippen molar-refractivity contribution in [3.05, 3.63) is 48.4 Å². The summed E-state index contributed by atoms with van der Waals surface area (Å²) < 4.78 is 49.1. The van der Waals surface area contributed by atoms with Crippen LogP contribution in [-0.4, -0.2) is 99.4 Å². The SMILES string of the molecule is Nc1nc2c(cnn2CCN2CCN(c3cc(OCC4COCCN4)c(F)cc3F)CC2)c2nc(-c3ccco3)nn12. The molecule has 2 aliphatic rings. The number of nitrogens with two attached hydrogens (primary N) is 1. The third kappa shape index (κ3) is 5.10. The van der Waals surface area contributed by atoms with E-state index in [0.29, 0.717) is 81.0 Å². The van der Waals surface area contributed by atoms with Gasteiger partial charge >= 0.3 is 0 Å². The number of nitrogen functional groups attached to an aromatic ring is 1. The summed E-state index contributed by atoms with van der Waals surface area (Å²) in [5.41, 5.74) is 7.71. The zero-order valence-corrected chi connectivity index (χ0v) is 22.7. The molecule has 2 fully saturated rings. The molecule has 1 unspecified atom stereocenters. The van der Waals surface area contributed by atoms with Crippen molar-refractivity contribution in [2.45, 2.75) is 12.6 Å². The molecule has 7 rings (SSSR count). The summed E-state index contributed by atoms with van der Waals surface area (Å²) >= 11 is 0. The van der Waals surface area contributed by atoms with Crippen LogP contribution in [0.25, 0.3) is 28.3 Å². The molecule has 220 valence electrons. The molecule has 2 aliphatic heterocycles. The van der Waals surface area contributed by atoms with Gasteiger partial charge in [0.1, 0.15) is 12.4 Å². The van der Waals surface area contributed by atoms with E-state index in [-0.39, 0.29) is 24.3 Å². The number of fused-ring (bicyclic) bond motifs is 3. The predicted molar refractivity (Wildman–Crippen MR) is 149 cm³/mol. The number of halogens is 2. The monoisotopic (exact) mass is 580 g/mol. The molecule has 0 saturated carbocycles. The summed E-state index contributed by atoms with van der Waals surface area (Å²) in [6.45, 7) is 5.95. The van der Waals surface area contributed by atoms with Gasteiger partial charge in [-0.25, -0.2) is 18.4 Å². The fourth-order valence-electron chi connectivity index (χ4n) is 5.37. The quantitative estimate of drug-likeness (QED) is 0.278. The number of furan rings is 1. The van der Waals surface area contributed by atoms with Crippen molar-refractivity contribution in [2.24, 2.45) is 0 Å². The Kier molecular flexibility index (Phi) is 7.05. The Morgan fingerprint density at radius 1 is 1.07 bits per heavy atom. The molecule has 0 amide bonds. The van der Waals surface area contributed by atoms with Crippen LogP contribution in [0.4, 0.5) is 20.4 Å². The third-order valence-electron chi connectivity index (χ3n) is 7.62. The smallest absolute Gasteiger partial charge is 0.225 e. The molecule has 4 aromatic heterocycles. The highest BCUT2D eigenvalue weighted by Crippen LogP contribution is 2.29. The summed E-state index contributed by atoms with van der Waals surface area (Å²) in [5.74, 6) is -0.127. The number of hydrogen-bond acceptors (Lipinski definition) is 11. The summed E-state index contributed by atoms with van der Waals surface area (Å²) in [4.78, 5) is 13.3. The number of rotatable bonds is 8. The number of nitrogens with one attached hydrogen (secondary N) is 1. The zero-order chi connectivity index (χ0) is 28.6. The van der Waals surface area contributed by atoms with Gasteiger partial charge in [0, 0.05) is 51.4 Å². The van der Waals surface area contributed by atoms with Crippen LogP contribution < -0.4 is 20.7 Å². The predicted octanol–water partition coefficient (Wildman–Crippen LogP) is 1.78. The van der Waals surface area contributed by atoms with Gasteiger partial charge in [0.15, 0.2) is 28.6 Å². The van der Waals surface area contributed by atoms with Crippen molar-refractivity contribution in [1.82, 2.24) is 39.6 Å². The summed E-state index contributed by atoms with van der Waals surface area (Å²) in [7, 11) is 0. The number of hydrogen-bond donors (Lipinski definition) is 2. The number of ether oxygens (including phenoxy) is 2. The average molecular weight is 581 g/mol. The molecule has 6 heterocycles. The maximum atomic E-state index is 14.8. The van der Waals surface area contributed by atoms with Crippen LogP contribution in [0.2, 0.25) is 0 Å². The number of morpholine rings is 1. The minimum Gasteiger partial charge on any atom is -0.489 e. The van der Waals surface area contributed by atoms with Gasteiger partial charge < -0.3 is 29.8 Å². The summed E-state index contributed by atoms with van der Waals surface area (Å²) in [6, 6.07) is 5.87. The Bertz CT molecular complexity index is 1690. The fourth-order valence-corrected chi connectivity index (χ4v) is 5.37. The average Bonchev–Trinajstić information content (AvgIpc) is 3.77. The number of anilines is 2. The number of benzene rings is 1. The number of nitrogens with zero attached hydrogens (tertiary/aromatic N) is 8. The van der Waals surface area contributed by atoms with E-state index in [1.165, 1.54) is 10.6 Å². The minimum absolute atomic E-state index is 0.0321. The Morgan fingerprint density at radius 3 is 2.74 bits per heavy atom. The van der Waals surface area contributed by atoms with Crippen LogP contribution >= 0.6 is 0 Å². The van der Waals surface area contributed by atoms with E-state index < -0.39 is 11.6 Å². The molecule has 0 spiro atoms. The van der Waals surface area contributed by atoms with E-state index in [4.69, 9.17) is 19.6 Å². The van der Waals surface area contributed by atoms with Gasteiger partial charge in [-0.15, -0.1) is 5.10 Å². The molecule has 0 aliphatic carbocycles. The number of aromatic nitrogens is 6. The van der Waals surface area contributed by atoms with E-state index in [2.05, 4.69) is 30.4 Å². The molecule has 1 aromatic carbocycles. The number of piperazine rings is 1. The lowest BCUT2D eigenvalue weighted by Gasteiger charge is -2.36. The second kappa shape index (κ2) is 11.2. The highest BCUT2D eigenvalue weighted by molar-refractivity contribution is 5.90. The van der Waals surface area contributed by atoms with Gasteiger partial charge in [-0.05, 0) is 12.1 Å². The third-order valence-corrected chi connectivity index (χ3v) is 7.62. The van der Waals surface area contributed by atoms with Crippen LogP contribution in [0.15, 0.2) is 41.1 Å². The van der Waals surface area contributed by atoms with Crippen molar-refractivity contribution >= 4 is 28.3 Å². The molecule has 0 radical (unpaired) electrons. The topological polar surface area (TPSA) is 137 Å². The van der Waals surface area contributed by atoms with Gasteiger partial charge in [-0.3, -0.25) is 4.90 Å². The van der Waals surface area contributed by atoms with Crippen LogP contribution in [0.1, 0.15) is 0 Å². The first kappa shape index (κ1) is 26.6. The first-order valence-electron chi connectivity index (χ1n) is 13.9. The van der Waals surface area contributed by atoms with Crippen LogP contribution in [-0.2, 0) is 11.3 Å². The fraction of sp³-hybridized carbons (Fsp3) is 0.407. The largest absolute Gasteiger partial charge is 0.489 e. The summed E-state index contributed by atoms with van der Waals surface area (Å²) in [6.07, 6.45) is 3.27. The van der Waals surface area contributed by atoms with Gasteiger partial charge in [-0.1, -0.05) is 0 Å². The van der Waals surface area contributed by atoms with Gasteiger partial charge in [0.05, 0.1) is 49.3 Å². The first-order chi connectivity index (χ1) is 20.5. The normalized spacial score (nSPS) is 18.3. The molecule has 15 heteroatoms. The van der Waals surface area contributed by atoms with Gasteiger partial charge in [-0.2, -0.15) is 14.6 Å². The molecule has 13 nitrogen and oxygen atoms in total. The lowest BCUT2D eigenvalue weighted by molar-refractivity contribution is 0.0586. The lowest BCUT2D eigenvalue weighted by Crippen LogP contribution is -2.47. The molecule has 0 bridgehead atoms. The molecular weight excluding hydrogens is 550 g/mol. The maximum Gasteiger partial charge on any atom is 0.225 e. The van der Waals surface area contributed by atoms with Crippen molar-refractivity contribution in [3.63, 3.8) is 0 Å². The highest BCUT2D eigenvalue weighted by Gasteiger charge is 2.23. The lowest BCUT2D eigenvalue weighted by atomic mass is 10.2. The van der Waals surface area contributed by atoms with Gasteiger partial charge in [0.25, 0.3) is 0 Å². The molecule has 1 atom stereocenters. The van der Waals surface area contributed by atoms with E-state index >= 15 is 0 Å². The molecule has 42 heavy (non-hydrogen) atoms. The Balaban J connectivity index is 0.993. The highest BCUT2D eigenvalue weighted by atomic mass is 19.1. The van der Waals surface area contributed by atoms with Crippen molar-refractivity contribution in [1.29, 1.82) is 0 Å². The van der Waals surface area contributed by atoms with Crippen molar-refractivity contribution in [3.8, 4) is 17.3 Å². The van der Waals surface area contributed by atoms with Crippen molar-refractivity contribution < 1.29 is 22.7 Å². The van der Waals surface area contributed by atoms with Crippen LogP contribution in [0, 0.1) is 11.6 Å². The van der Waals surface area contributed by atoms with Gasteiger partial charge in [0.2, 0.25) is 11.8 Å². The van der Waals surface area contributed by atoms with E-state index in [1.54, 1.807) is 29.3 Å². The van der Waals surface area contributed by atoms with Crippen LogP contribution in [0.3, 0.4) is 0 Å². The maximum absolute atomic E-state index is 14.8. The molecular formula is C27H30F2N10O3. The molecule has 5 aromatic rings. The molecule has 2 saturated heterocycles. The van der Waals surface area contributed by atoms with E-state index in [9.17, 15) is 8.78 Å². The standard InChI is InChI=1S/C27H30F2N10O3/c28-19-12-20(29)23(42-16-17-15-40-11-3-31-17)13-21(19)37-7-4-36(5-8-37)6-9-38-25-18(14-32-38)26-33-24(22-2-1-10-41-22)35-39(26)27(30)34-25/h1-2,10,12-14,17,31H,3-9,11,15-16H2,(H2,30,34). The van der Waals surface area contributed by atoms with E-state index in [1.807, 2.05) is 4.90 Å². The second-order valence-corrected chi connectivity index (χ2v) is 10.3. The zero-order valence-electron chi connectivity index (χ0n) is 22.7.